The van der Waals surface area contributed by atoms with Crippen LogP contribution in [0.3, 0.4) is 0 Å². The van der Waals surface area contributed by atoms with Gasteiger partial charge in [-0.25, -0.2) is 13.7 Å². The average Bonchev–Trinajstić information content (AvgIpc) is 1.42. The van der Waals surface area contributed by atoms with Gasteiger partial charge in [-0.1, -0.05) is 0 Å². The second-order valence-electron chi connectivity index (χ2n) is 1.58. The molecule has 0 bridgehead atoms. The molecule has 11 nitrogen and oxygen atoms in total. The van der Waals surface area contributed by atoms with E-state index in [1.54, 1.807) is 0 Å². The minimum absolute atomic E-state index is 0. The zero-order valence-corrected chi connectivity index (χ0v) is 8.79. The molecule has 0 atom stereocenters. The summed E-state index contributed by atoms with van der Waals surface area (Å²) in [5.41, 5.74) is 0. The molecule has 0 fully saturated rings. The second kappa shape index (κ2) is 8.17. The summed E-state index contributed by atoms with van der Waals surface area (Å²) in [4.78, 5) is 52.6. The van der Waals surface area contributed by atoms with E-state index < -0.39 is 23.5 Å². The van der Waals surface area contributed by atoms with Crippen molar-refractivity contribution in [2.75, 3.05) is 0 Å². The Hall–Kier alpha value is 2.01. The van der Waals surface area contributed by atoms with Crippen molar-refractivity contribution in [2.24, 2.45) is 0 Å². The molecular weight excluding hydrogens is 308 g/mol. The zero-order valence-electron chi connectivity index (χ0n) is 6.11. The third kappa shape index (κ3) is 49.0. The number of hydrogen-bond donors (Lipinski definition) is 7. The summed E-state index contributed by atoms with van der Waals surface area (Å²) in [5.74, 6) is 0. The van der Waals surface area contributed by atoms with Crippen LogP contribution < -0.4 is 0 Å². The van der Waals surface area contributed by atoms with Crippen LogP contribution in [0.5, 0.6) is 0 Å². The summed E-state index contributed by atoms with van der Waals surface area (Å²) >= 11 is 0. The van der Waals surface area contributed by atoms with Crippen molar-refractivity contribution in [1.82, 2.24) is 0 Å². The average molecular weight is 316 g/mol. The van der Waals surface area contributed by atoms with E-state index in [1.165, 1.54) is 0 Å². The van der Waals surface area contributed by atoms with Gasteiger partial charge >= 0.3 is 74.9 Å². The fourth-order valence-electron chi connectivity index (χ4n) is 0.139. The summed E-state index contributed by atoms with van der Waals surface area (Å²) < 4.78 is 31.1. The quantitative estimate of drug-likeness (QED) is 0.211. The van der Waals surface area contributed by atoms with Crippen molar-refractivity contribution in [3.8, 4) is 0 Å². The van der Waals surface area contributed by atoms with Crippen LogP contribution in [0.2, 0.25) is 0 Å². The van der Waals surface area contributed by atoms with E-state index in [2.05, 4.69) is 4.31 Å². The van der Waals surface area contributed by atoms with Gasteiger partial charge in [-0.2, -0.15) is 4.31 Å². The SMILES string of the molecule is O=P(O)(O)O.O=P(O)(O)OP(=O)(O)O.[KH]. The fraction of sp³-hybridized carbons (Fsp3) is 0. The second-order valence-corrected chi connectivity index (χ2v) is 5.22. The molecule has 0 aromatic rings. The molecule has 15 heteroatoms. The summed E-state index contributed by atoms with van der Waals surface area (Å²) in [5, 5.41) is 0. The predicted molar refractivity (Wildman–Crippen MR) is 46.6 cm³/mol. The topological polar surface area (TPSA) is 202 Å². The van der Waals surface area contributed by atoms with Gasteiger partial charge in [0.2, 0.25) is 0 Å². The van der Waals surface area contributed by atoms with Gasteiger partial charge in [0.15, 0.2) is 0 Å². The van der Waals surface area contributed by atoms with E-state index in [1.807, 2.05) is 0 Å². The van der Waals surface area contributed by atoms with Gasteiger partial charge in [-0.3, -0.25) is 0 Å². The van der Waals surface area contributed by atoms with Gasteiger partial charge < -0.3 is 34.3 Å². The summed E-state index contributed by atoms with van der Waals surface area (Å²) in [7, 11) is -14.7. The van der Waals surface area contributed by atoms with E-state index in [-0.39, 0.29) is 51.4 Å². The molecule has 0 spiro atoms. The Morgan fingerprint density at radius 3 is 0.800 bits per heavy atom. The van der Waals surface area contributed by atoms with Crippen LogP contribution in [-0.2, 0) is 18.0 Å². The maximum atomic E-state index is 9.63. The first-order valence-corrected chi connectivity index (χ1v) is 6.94. The Kier molecular flexibility index (Phi) is 12.1. The molecule has 0 saturated carbocycles. The van der Waals surface area contributed by atoms with Crippen LogP contribution in [0, 0.1) is 0 Å². The van der Waals surface area contributed by atoms with Crippen LogP contribution in [0.15, 0.2) is 0 Å². The Balaban J connectivity index is -0.000000208. The molecule has 0 aromatic heterocycles. The normalized spacial score (nSPS) is 12.2. The van der Waals surface area contributed by atoms with Gasteiger partial charge in [0.1, 0.15) is 0 Å². The van der Waals surface area contributed by atoms with Gasteiger partial charge in [0.05, 0.1) is 0 Å². The van der Waals surface area contributed by atoms with Gasteiger partial charge in [-0.15, -0.1) is 0 Å². The van der Waals surface area contributed by atoms with Crippen molar-refractivity contribution in [2.45, 2.75) is 0 Å². The molecule has 90 valence electrons. The van der Waals surface area contributed by atoms with Crippen LogP contribution in [0.1, 0.15) is 0 Å². The third-order valence-corrected chi connectivity index (χ3v) is 1.91. The number of rotatable bonds is 2. The summed E-state index contributed by atoms with van der Waals surface area (Å²) in [6.07, 6.45) is 0. The first kappa shape index (κ1) is 22.2. The van der Waals surface area contributed by atoms with Crippen molar-refractivity contribution in [3.63, 3.8) is 0 Å². The molecule has 0 rings (SSSR count). The van der Waals surface area contributed by atoms with E-state index in [9.17, 15) is 9.13 Å². The Morgan fingerprint density at radius 2 is 0.800 bits per heavy atom. The summed E-state index contributed by atoms with van der Waals surface area (Å²) in [6, 6.07) is 0. The first-order chi connectivity index (χ1) is 5.71. The summed E-state index contributed by atoms with van der Waals surface area (Å²) in [6.45, 7) is 0. The van der Waals surface area contributed by atoms with Crippen molar-refractivity contribution >= 4 is 74.9 Å². The van der Waals surface area contributed by atoms with E-state index in [4.69, 9.17) is 38.8 Å². The molecule has 0 aliphatic heterocycles. The predicted octanol–water partition coefficient (Wildman–Crippen LogP) is -2.39. The van der Waals surface area contributed by atoms with Gasteiger partial charge in [-0.05, 0) is 0 Å². The van der Waals surface area contributed by atoms with Gasteiger partial charge in [0.25, 0.3) is 0 Å². The number of hydrogen-bond acceptors (Lipinski definition) is 4. The first-order valence-electron chi connectivity index (χ1n) is 2.31. The molecule has 0 radical (unpaired) electrons. The number of phosphoric acid groups is 3. The molecule has 0 unspecified atom stereocenters. The van der Waals surface area contributed by atoms with E-state index in [0.29, 0.717) is 0 Å². The molecular formula is H8KO11P3. The monoisotopic (exact) mass is 316 g/mol. The molecule has 0 heterocycles. The molecule has 7 N–H and O–H groups in total. The maximum absolute atomic E-state index is 9.63. The Morgan fingerprint density at radius 1 is 0.667 bits per heavy atom. The van der Waals surface area contributed by atoms with Crippen LogP contribution in [0.4, 0.5) is 0 Å². The third-order valence-electron chi connectivity index (χ3n) is 0.213. The Bertz CT molecular complexity index is 259. The van der Waals surface area contributed by atoms with Crippen LogP contribution >= 0.6 is 23.5 Å². The molecule has 0 saturated heterocycles. The van der Waals surface area contributed by atoms with E-state index in [0.717, 1.165) is 0 Å². The van der Waals surface area contributed by atoms with Crippen LogP contribution in [0.25, 0.3) is 0 Å². The molecule has 0 aliphatic carbocycles. The van der Waals surface area contributed by atoms with Crippen molar-refractivity contribution in [1.29, 1.82) is 0 Å². The molecule has 15 heavy (non-hydrogen) atoms. The standard InChI is InChI=1S/K.H4O7P2.H3O4P.H/c;1-8(2,3)7-9(4,5)6;1-5(2,3)4;/h;(H2,1,2,3)(H2,4,5,6);(H3,1,2,3,4);. The minimum atomic E-state index is -5.05. The molecule has 0 aromatic carbocycles. The van der Waals surface area contributed by atoms with E-state index >= 15 is 0 Å². The van der Waals surface area contributed by atoms with Crippen LogP contribution in [-0.4, -0.2) is 85.6 Å². The van der Waals surface area contributed by atoms with Gasteiger partial charge in [0, 0.05) is 0 Å². The fourth-order valence-corrected chi connectivity index (χ4v) is 1.25. The van der Waals surface area contributed by atoms with Crippen molar-refractivity contribution in [3.05, 3.63) is 0 Å². The zero-order chi connectivity index (χ0) is 12.2. The Labute approximate surface area is 126 Å². The van der Waals surface area contributed by atoms with Crippen molar-refractivity contribution < 1.29 is 52.3 Å². The molecule has 0 amide bonds. The molecule has 0 aliphatic rings.